The van der Waals surface area contributed by atoms with E-state index < -0.39 is 28.0 Å². The quantitative estimate of drug-likeness (QED) is 0.466. The van der Waals surface area contributed by atoms with Gasteiger partial charge in [-0.2, -0.15) is 0 Å². The molecule has 0 aliphatic carbocycles. The van der Waals surface area contributed by atoms with E-state index in [4.69, 9.17) is 5.11 Å². The van der Waals surface area contributed by atoms with E-state index in [0.717, 1.165) is 0 Å². The summed E-state index contributed by atoms with van der Waals surface area (Å²) in [6, 6.07) is 5.87. The van der Waals surface area contributed by atoms with Crippen molar-refractivity contribution in [3.05, 3.63) is 45.6 Å². The number of nitro groups is 1. The van der Waals surface area contributed by atoms with E-state index in [1.165, 1.54) is 23.1 Å². The first-order valence-corrected chi connectivity index (χ1v) is 8.89. The SMILES string of the molecule is CC[C@]1(CCC(=O)O)CCCN2C(=O)C(=O)C(c3ccccc3[N+](=O)[O-])=C21. The molecule has 0 unspecified atom stereocenters. The number of nitro benzene ring substituents is 1. The van der Waals surface area contributed by atoms with Crippen molar-refractivity contribution in [3.8, 4) is 0 Å². The first-order valence-electron chi connectivity index (χ1n) is 8.89. The number of carboxylic acid groups (broad SMARTS) is 1. The van der Waals surface area contributed by atoms with Gasteiger partial charge in [-0.05, 0) is 31.7 Å². The van der Waals surface area contributed by atoms with Crippen molar-refractivity contribution >= 4 is 28.9 Å². The lowest BCUT2D eigenvalue weighted by molar-refractivity contribution is -0.385. The molecule has 2 aliphatic heterocycles. The first kappa shape index (κ1) is 18.8. The Morgan fingerprint density at radius 3 is 2.67 bits per heavy atom. The van der Waals surface area contributed by atoms with Crippen LogP contribution >= 0.6 is 0 Å². The smallest absolute Gasteiger partial charge is 0.303 e. The highest BCUT2D eigenvalue weighted by Gasteiger charge is 2.51. The van der Waals surface area contributed by atoms with Crippen molar-refractivity contribution < 1.29 is 24.4 Å². The van der Waals surface area contributed by atoms with Crippen LogP contribution in [0, 0.1) is 15.5 Å². The van der Waals surface area contributed by atoms with Crippen LogP contribution in [0.3, 0.4) is 0 Å². The first-order chi connectivity index (χ1) is 12.8. The molecule has 8 nitrogen and oxygen atoms in total. The molecule has 2 aliphatic rings. The van der Waals surface area contributed by atoms with Crippen molar-refractivity contribution in [2.75, 3.05) is 6.54 Å². The van der Waals surface area contributed by atoms with E-state index in [9.17, 15) is 24.5 Å². The molecule has 1 aromatic carbocycles. The molecule has 1 N–H and O–H groups in total. The summed E-state index contributed by atoms with van der Waals surface area (Å²) in [6.07, 6.45) is 2.00. The minimum Gasteiger partial charge on any atom is -0.481 e. The summed E-state index contributed by atoms with van der Waals surface area (Å²) in [5.41, 5.74) is -0.274. The molecular formula is C19H20N2O6. The Balaban J connectivity index is 2.26. The number of amides is 1. The monoisotopic (exact) mass is 372 g/mol. The van der Waals surface area contributed by atoms with Gasteiger partial charge in [0, 0.05) is 30.1 Å². The van der Waals surface area contributed by atoms with Crippen molar-refractivity contribution in [1.29, 1.82) is 0 Å². The van der Waals surface area contributed by atoms with Gasteiger partial charge < -0.3 is 10.0 Å². The number of allylic oxidation sites excluding steroid dienone is 1. The average Bonchev–Trinajstić information content (AvgIpc) is 2.92. The summed E-state index contributed by atoms with van der Waals surface area (Å²) >= 11 is 0. The predicted octanol–water partition coefficient (Wildman–Crippen LogP) is 2.77. The highest BCUT2D eigenvalue weighted by molar-refractivity contribution is 6.57. The van der Waals surface area contributed by atoms with Crippen molar-refractivity contribution in [2.45, 2.75) is 39.0 Å². The minimum atomic E-state index is -0.955. The molecule has 142 valence electrons. The molecule has 27 heavy (non-hydrogen) atoms. The number of fused-ring (bicyclic) bond motifs is 1. The molecule has 1 atom stereocenters. The Kier molecular flexibility index (Phi) is 4.82. The lowest BCUT2D eigenvalue weighted by Gasteiger charge is -2.43. The zero-order valence-corrected chi connectivity index (χ0v) is 14.9. The fourth-order valence-electron chi connectivity index (χ4n) is 4.24. The summed E-state index contributed by atoms with van der Waals surface area (Å²) in [5, 5.41) is 20.6. The second-order valence-electron chi connectivity index (χ2n) is 6.91. The van der Waals surface area contributed by atoms with Crippen LogP contribution in [0.4, 0.5) is 5.69 Å². The third kappa shape index (κ3) is 3.01. The van der Waals surface area contributed by atoms with Gasteiger partial charge in [0.05, 0.1) is 16.1 Å². The zero-order chi connectivity index (χ0) is 19.8. The summed E-state index contributed by atoms with van der Waals surface area (Å²) in [5.74, 6) is -2.40. The largest absolute Gasteiger partial charge is 0.481 e. The molecule has 8 heteroatoms. The third-order valence-electron chi connectivity index (χ3n) is 5.58. The number of carbonyl (C=O) groups is 3. The molecule has 1 aromatic rings. The molecule has 1 saturated heterocycles. The molecule has 1 fully saturated rings. The number of piperidine rings is 1. The maximum absolute atomic E-state index is 12.8. The number of Topliss-reactive ketones (excluding diaryl/α,β-unsaturated/α-hetero) is 1. The Hall–Kier alpha value is -3.03. The number of ketones is 1. The van der Waals surface area contributed by atoms with Gasteiger partial charge in [-0.3, -0.25) is 24.5 Å². The highest BCUT2D eigenvalue weighted by Crippen LogP contribution is 2.52. The van der Waals surface area contributed by atoms with Gasteiger partial charge >= 0.3 is 5.97 Å². The fraction of sp³-hybridized carbons (Fsp3) is 0.421. The lowest BCUT2D eigenvalue weighted by atomic mass is 9.70. The molecule has 0 spiro atoms. The number of aliphatic carboxylic acids is 1. The number of carboxylic acids is 1. The van der Waals surface area contributed by atoms with Crippen molar-refractivity contribution in [1.82, 2.24) is 4.90 Å². The van der Waals surface area contributed by atoms with Crippen LogP contribution in [0.5, 0.6) is 0 Å². The Bertz CT molecular complexity index is 875. The fourth-order valence-corrected chi connectivity index (χ4v) is 4.24. The summed E-state index contributed by atoms with van der Waals surface area (Å²) in [7, 11) is 0. The number of hydrogen-bond acceptors (Lipinski definition) is 5. The van der Waals surface area contributed by atoms with Crippen LogP contribution in [0.2, 0.25) is 0 Å². The van der Waals surface area contributed by atoms with Crippen LogP contribution in [0.1, 0.15) is 44.6 Å². The van der Waals surface area contributed by atoms with Gasteiger partial charge in [0.15, 0.2) is 0 Å². The normalized spacial score (nSPS) is 22.2. The van der Waals surface area contributed by atoms with Crippen molar-refractivity contribution in [3.63, 3.8) is 0 Å². The van der Waals surface area contributed by atoms with Crippen LogP contribution in [0.25, 0.3) is 5.57 Å². The second kappa shape index (κ2) is 6.94. The van der Waals surface area contributed by atoms with E-state index in [2.05, 4.69) is 0 Å². The lowest BCUT2D eigenvalue weighted by Crippen LogP contribution is -2.42. The number of carbonyl (C=O) groups excluding carboxylic acids is 2. The van der Waals surface area contributed by atoms with Gasteiger partial charge in [-0.15, -0.1) is 0 Å². The number of benzene rings is 1. The zero-order valence-electron chi connectivity index (χ0n) is 14.9. The summed E-state index contributed by atoms with van der Waals surface area (Å²) in [4.78, 5) is 48.9. The van der Waals surface area contributed by atoms with Gasteiger partial charge in [0.2, 0.25) is 0 Å². The molecule has 3 rings (SSSR count). The van der Waals surface area contributed by atoms with Crippen LogP contribution < -0.4 is 0 Å². The maximum Gasteiger partial charge on any atom is 0.303 e. The maximum atomic E-state index is 12.8. The second-order valence-corrected chi connectivity index (χ2v) is 6.91. The molecule has 1 amide bonds. The van der Waals surface area contributed by atoms with E-state index in [0.29, 0.717) is 31.5 Å². The van der Waals surface area contributed by atoms with Crippen molar-refractivity contribution in [2.24, 2.45) is 5.41 Å². The van der Waals surface area contributed by atoms with Gasteiger partial charge in [0.25, 0.3) is 17.4 Å². The Labute approximate surface area is 155 Å². The predicted molar refractivity (Wildman–Crippen MR) is 95.6 cm³/mol. The molecule has 0 aromatic heterocycles. The Morgan fingerprint density at radius 1 is 1.33 bits per heavy atom. The standard InChI is InChI=1S/C19H20N2O6/c1-2-19(10-8-14(22)23)9-5-11-20-17(19)15(16(24)18(20)25)12-6-3-4-7-13(12)21(26)27/h3-4,6-7H,2,5,8-11H2,1H3,(H,22,23)/t19-/m1/s1. The van der Waals surface area contributed by atoms with Crippen LogP contribution in [-0.4, -0.2) is 39.1 Å². The molecular weight excluding hydrogens is 352 g/mol. The van der Waals surface area contributed by atoms with E-state index in [1.54, 1.807) is 6.07 Å². The van der Waals surface area contributed by atoms with Crippen LogP contribution in [0.15, 0.2) is 30.0 Å². The summed E-state index contributed by atoms with van der Waals surface area (Å²) in [6.45, 7) is 2.25. The highest BCUT2D eigenvalue weighted by atomic mass is 16.6. The topological polar surface area (TPSA) is 118 Å². The number of rotatable bonds is 6. The molecule has 0 saturated carbocycles. The van der Waals surface area contributed by atoms with E-state index >= 15 is 0 Å². The Morgan fingerprint density at radius 2 is 2.04 bits per heavy atom. The van der Waals surface area contributed by atoms with Gasteiger partial charge in [-0.25, -0.2) is 0 Å². The molecule has 2 heterocycles. The summed E-state index contributed by atoms with van der Waals surface area (Å²) < 4.78 is 0. The van der Waals surface area contributed by atoms with Gasteiger partial charge in [0.1, 0.15) is 0 Å². The van der Waals surface area contributed by atoms with Gasteiger partial charge in [-0.1, -0.05) is 19.1 Å². The number of nitrogens with zero attached hydrogens (tertiary/aromatic N) is 2. The molecule has 0 radical (unpaired) electrons. The average molecular weight is 372 g/mol. The third-order valence-corrected chi connectivity index (χ3v) is 5.58. The molecule has 0 bridgehead atoms. The number of para-hydroxylation sites is 1. The number of hydrogen-bond donors (Lipinski definition) is 1. The van der Waals surface area contributed by atoms with E-state index in [1.807, 2.05) is 6.92 Å². The van der Waals surface area contributed by atoms with Crippen LogP contribution in [-0.2, 0) is 14.4 Å². The van der Waals surface area contributed by atoms with E-state index in [-0.39, 0.29) is 29.7 Å². The minimum absolute atomic E-state index is 0.0549.